The number of amides is 1. The first-order valence-electron chi connectivity index (χ1n) is 26.7. The number of carbonyl (C=O) groups excluding carboxylic acids is 1. The zero-order valence-corrected chi connectivity index (χ0v) is 40.8. The molecule has 0 bridgehead atoms. The van der Waals surface area contributed by atoms with Gasteiger partial charge in [-0.2, -0.15) is 0 Å². The van der Waals surface area contributed by atoms with E-state index in [0.717, 1.165) is 44.9 Å². The van der Waals surface area contributed by atoms with Gasteiger partial charge < -0.3 is 40.3 Å². The molecule has 0 aliphatic carbocycles. The normalized spacial score (nSPS) is 20.4. The van der Waals surface area contributed by atoms with Gasteiger partial charge >= 0.3 is 0 Å². The van der Waals surface area contributed by atoms with Crippen LogP contribution >= 0.6 is 0 Å². The van der Waals surface area contributed by atoms with Crippen LogP contribution in [-0.2, 0) is 14.3 Å². The maximum atomic E-state index is 13.0. The molecule has 1 saturated heterocycles. The maximum Gasteiger partial charge on any atom is 0.220 e. The summed E-state index contributed by atoms with van der Waals surface area (Å²) in [6, 6.07) is -0.806. The molecule has 1 aliphatic rings. The number of hydrogen-bond donors (Lipinski definition) is 6. The van der Waals surface area contributed by atoms with Crippen LogP contribution in [0.1, 0.15) is 245 Å². The van der Waals surface area contributed by atoms with Gasteiger partial charge in [-0.15, -0.1) is 0 Å². The van der Waals surface area contributed by atoms with Gasteiger partial charge in [-0.1, -0.05) is 224 Å². The van der Waals surface area contributed by atoms with Gasteiger partial charge in [-0.25, -0.2) is 0 Å². The van der Waals surface area contributed by atoms with Crippen LogP contribution in [0.2, 0.25) is 0 Å². The Morgan fingerprint density at radius 2 is 0.937 bits per heavy atom. The molecule has 0 aromatic carbocycles. The molecule has 1 fully saturated rings. The van der Waals surface area contributed by atoms with E-state index >= 15 is 0 Å². The van der Waals surface area contributed by atoms with Gasteiger partial charge in [-0.3, -0.25) is 4.79 Å². The van der Waals surface area contributed by atoms with E-state index in [2.05, 4.69) is 43.5 Å². The molecule has 0 aromatic heterocycles. The van der Waals surface area contributed by atoms with Crippen LogP contribution in [0.25, 0.3) is 0 Å². The highest BCUT2D eigenvalue weighted by molar-refractivity contribution is 5.76. The van der Waals surface area contributed by atoms with Crippen molar-refractivity contribution in [3.63, 3.8) is 0 Å². The smallest absolute Gasteiger partial charge is 0.220 e. The minimum atomic E-state index is -1.57. The number of unbranched alkanes of at least 4 members (excludes halogenated alkanes) is 31. The first-order chi connectivity index (χ1) is 30.8. The molecule has 1 aliphatic heterocycles. The molecular formula is C54H101NO8. The van der Waals surface area contributed by atoms with Crippen LogP contribution < -0.4 is 5.32 Å². The molecule has 9 nitrogen and oxygen atoms in total. The Kier molecular flexibility index (Phi) is 41.7. The Bertz CT molecular complexity index is 1080. The molecule has 7 unspecified atom stereocenters. The van der Waals surface area contributed by atoms with Gasteiger partial charge in [0.1, 0.15) is 24.4 Å². The quantitative estimate of drug-likeness (QED) is 0.0261. The molecular weight excluding hydrogens is 791 g/mol. The van der Waals surface area contributed by atoms with Crippen LogP contribution in [-0.4, -0.2) is 87.5 Å². The Labute approximate surface area is 387 Å². The summed E-state index contributed by atoms with van der Waals surface area (Å²) >= 11 is 0. The molecule has 7 atom stereocenters. The van der Waals surface area contributed by atoms with Crippen molar-refractivity contribution < 1.29 is 39.8 Å². The fourth-order valence-corrected chi connectivity index (χ4v) is 8.42. The third-order valence-electron chi connectivity index (χ3n) is 12.7. The average molecular weight is 892 g/mol. The van der Waals surface area contributed by atoms with Crippen LogP contribution in [0, 0.1) is 0 Å². The molecule has 370 valence electrons. The molecule has 1 heterocycles. The molecule has 6 N–H and O–H groups in total. The predicted octanol–water partition coefficient (Wildman–Crippen LogP) is 12.4. The van der Waals surface area contributed by atoms with Crippen molar-refractivity contribution >= 4 is 5.91 Å². The minimum Gasteiger partial charge on any atom is -0.394 e. The van der Waals surface area contributed by atoms with E-state index in [1.54, 1.807) is 6.08 Å². The number of aliphatic hydroxyl groups is 5. The van der Waals surface area contributed by atoms with Crippen LogP contribution in [0.4, 0.5) is 0 Å². The van der Waals surface area contributed by atoms with Gasteiger partial charge in [-0.05, 0) is 51.4 Å². The Balaban J connectivity index is 2.25. The number of ether oxygens (including phenoxy) is 2. The van der Waals surface area contributed by atoms with Gasteiger partial charge in [0, 0.05) is 6.42 Å². The van der Waals surface area contributed by atoms with Crippen molar-refractivity contribution in [3.05, 3.63) is 36.5 Å². The summed E-state index contributed by atoms with van der Waals surface area (Å²) in [7, 11) is 0. The summed E-state index contributed by atoms with van der Waals surface area (Å²) < 4.78 is 11.2. The number of hydrogen-bond acceptors (Lipinski definition) is 8. The van der Waals surface area contributed by atoms with Crippen molar-refractivity contribution in [3.8, 4) is 0 Å². The van der Waals surface area contributed by atoms with Crippen molar-refractivity contribution in [1.82, 2.24) is 5.32 Å². The molecule has 1 rings (SSSR count). The zero-order chi connectivity index (χ0) is 45.9. The van der Waals surface area contributed by atoms with Crippen molar-refractivity contribution in [2.24, 2.45) is 0 Å². The van der Waals surface area contributed by atoms with Gasteiger partial charge in [0.25, 0.3) is 0 Å². The van der Waals surface area contributed by atoms with E-state index < -0.39 is 49.5 Å². The predicted molar refractivity (Wildman–Crippen MR) is 263 cm³/mol. The molecule has 63 heavy (non-hydrogen) atoms. The molecule has 0 radical (unpaired) electrons. The van der Waals surface area contributed by atoms with Crippen molar-refractivity contribution in [2.75, 3.05) is 13.2 Å². The van der Waals surface area contributed by atoms with Crippen LogP contribution in [0.15, 0.2) is 36.5 Å². The lowest BCUT2D eigenvalue weighted by Crippen LogP contribution is -2.60. The highest BCUT2D eigenvalue weighted by Crippen LogP contribution is 2.23. The number of carbonyl (C=O) groups is 1. The average Bonchev–Trinajstić information content (AvgIpc) is 3.28. The largest absolute Gasteiger partial charge is 0.394 e. The minimum absolute atomic E-state index is 0.180. The monoisotopic (exact) mass is 892 g/mol. The highest BCUT2D eigenvalue weighted by atomic mass is 16.7. The number of nitrogens with one attached hydrogen (secondary N) is 1. The summed E-state index contributed by atoms with van der Waals surface area (Å²) in [4.78, 5) is 13.0. The summed E-state index contributed by atoms with van der Waals surface area (Å²) in [5, 5.41) is 54.4. The summed E-state index contributed by atoms with van der Waals surface area (Å²) in [6.07, 6.45) is 49.1. The summed E-state index contributed by atoms with van der Waals surface area (Å²) in [5.41, 5.74) is 0. The van der Waals surface area contributed by atoms with Gasteiger partial charge in [0.2, 0.25) is 5.91 Å². The summed E-state index contributed by atoms with van der Waals surface area (Å²) in [6.45, 7) is 3.79. The van der Waals surface area contributed by atoms with Gasteiger partial charge in [0.05, 0.1) is 25.4 Å². The third-order valence-corrected chi connectivity index (χ3v) is 12.7. The first kappa shape index (κ1) is 59.4. The first-order valence-corrected chi connectivity index (χ1v) is 26.7. The Hall–Kier alpha value is -1.59. The topological polar surface area (TPSA) is 149 Å². The lowest BCUT2D eigenvalue weighted by atomic mass is 9.99. The molecule has 9 heteroatoms. The van der Waals surface area contributed by atoms with E-state index in [1.165, 1.54) is 180 Å². The lowest BCUT2D eigenvalue weighted by Gasteiger charge is -2.40. The zero-order valence-electron chi connectivity index (χ0n) is 40.8. The highest BCUT2D eigenvalue weighted by Gasteiger charge is 2.44. The number of allylic oxidation sites excluding steroid dienone is 5. The maximum absolute atomic E-state index is 13.0. The molecule has 1 amide bonds. The second-order valence-corrected chi connectivity index (χ2v) is 18.7. The van der Waals surface area contributed by atoms with Gasteiger partial charge in [0.15, 0.2) is 6.29 Å². The molecule has 0 aromatic rings. The standard InChI is InChI=1S/C54H101NO8/c1-3-5-7-9-11-13-15-17-19-20-21-22-23-24-25-26-27-28-30-32-34-36-38-40-42-44-50(58)55-47(46-62-54-53(61)52(60)51(59)49(45-56)63-54)48(57)43-41-39-37-35-33-31-29-18-16-14-12-10-8-6-4-2/h21-22,24-25,41,43,47-49,51-54,56-57,59-61H,3-20,23,26-40,42,44-46H2,1-2H3,(H,55,58)/b22-21-,25-24-,43-41+. The Morgan fingerprint density at radius 3 is 1.37 bits per heavy atom. The summed E-state index contributed by atoms with van der Waals surface area (Å²) in [5.74, 6) is -0.180. The number of aliphatic hydroxyl groups excluding tert-OH is 5. The lowest BCUT2D eigenvalue weighted by molar-refractivity contribution is -0.302. The fraction of sp³-hybridized carbons (Fsp3) is 0.870. The molecule has 0 saturated carbocycles. The second kappa shape index (κ2) is 44.3. The SMILES string of the molecule is CCCCCCCCCCC/C=C\C/C=C\CCCCCCCCCCCC(=O)NC(COC1OC(CO)C(O)C(O)C1O)C(O)/C=C/CCCCCCCCCCCCCCC. The van der Waals surface area contributed by atoms with E-state index in [-0.39, 0.29) is 12.5 Å². The van der Waals surface area contributed by atoms with Crippen LogP contribution in [0.3, 0.4) is 0 Å². The van der Waals surface area contributed by atoms with Crippen molar-refractivity contribution in [2.45, 2.75) is 288 Å². The van der Waals surface area contributed by atoms with Crippen molar-refractivity contribution in [1.29, 1.82) is 0 Å². The van der Waals surface area contributed by atoms with E-state index in [4.69, 9.17) is 9.47 Å². The number of rotatable bonds is 45. The van der Waals surface area contributed by atoms with E-state index in [0.29, 0.717) is 6.42 Å². The Morgan fingerprint density at radius 1 is 0.540 bits per heavy atom. The fourth-order valence-electron chi connectivity index (χ4n) is 8.42. The third kappa shape index (κ3) is 34.4. The van der Waals surface area contributed by atoms with Crippen LogP contribution in [0.5, 0.6) is 0 Å². The van der Waals surface area contributed by atoms with E-state index in [9.17, 15) is 30.3 Å². The molecule has 0 spiro atoms. The van der Waals surface area contributed by atoms with E-state index in [1.807, 2.05) is 6.08 Å². The second-order valence-electron chi connectivity index (χ2n) is 18.7.